The fraction of sp³-hybridized carbons (Fsp3) is 0.257. The van der Waals surface area contributed by atoms with Crippen LogP contribution in [0.2, 0.25) is 0 Å². The first kappa shape index (κ1) is 34.3. The quantitative estimate of drug-likeness (QED) is 0.145. The van der Waals surface area contributed by atoms with Crippen molar-refractivity contribution in [2.45, 2.75) is 49.1 Å². The van der Waals surface area contributed by atoms with Gasteiger partial charge in [0.15, 0.2) is 0 Å². The smallest absolute Gasteiger partial charge is 0.264 e. The molecule has 0 bridgehead atoms. The maximum Gasteiger partial charge on any atom is 0.264 e. The molecule has 0 saturated carbocycles. The van der Waals surface area contributed by atoms with Crippen LogP contribution in [0.25, 0.3) is 0 Å². The molecule has 0 aliphatic carbocycles. The van der Waals surface area contributed by atoms with E-state index in [0.29, 0.717) is 12.2 Å². The fourth-order valence-electron chi connectivity index (χ4n) is 4.82. The number of rotatable bonds is 14. The van der Waals surface area contributed by atoms with Crippen LogP contribution in [-0.4, -0.2) is 50.5 Å². The molecule has 10 heteroatoms. The van der Waals surface area contributed by atoms with E-state index in [1.54, 1.807) is 36.4 Å². The van der Waals surface area contributed by atoms with Crippen LogP contribution in [0, 0.1) is 6.92 Å². The first-order chi connectivity index (χ1) is 21.6. The summed E-state index contributed by atoms with van der Waals surface area (Å²) in [4.78, 5) is 30.7. The second kappa shape index (κ2) is 16.1. The molecule has 45 heavy (non-hydrogen) atoms. The number of thioether (sulfide) groups is 1. The molecular formula is C35H38BrN3O4S2. The van der Waals surface area contributed by atoms with Crippen molar-refractivity contribution in [1.82, 2.24) is 10.2 Å². The third kappa shape index (κ3) is 9.22. The van der Waals surface area contributed by atoms with E-state index in [1.807, 2.05) is 86.8 Å². The zero-order chi connectivity index (χ0) is 32.4. The van der Waals surface area contributed by atoms with E-state index >= 15 is 0 Å². The number of halogens is 1. The van der Waals surface area contributed by atoms with Gasteiger partial charge in [0, 0.05) is 28.9 Å². The molecule has 4 rings (SSSR count). The van der Waals surface area contributed by atoms with Gasteiger partial charge < -0.3 is 10.2 Å². The van der Waals surface area contributed by atoms with Gasteiger partial charge in [0.05, 0.1) is 10.6 Å². The van der Waals surface area contributed by atoms with Gasteiger partial charge in [0.2, 0.25) is 11.8 Å². The van der Waals surface area contributed by atoms with Gasteiger partial charge in [0.25, 0.3) is 10.0 Å². The maximum absolute atomic E-state index is 14.5. The van der Waals surface area contributed by atoms with Crippen LogP contribution in [-0.2, 0) is 32.6 Å². The lowest BCUT2D eigenvalue weighted by Gasteiger charge is -2.34. The summed E-state index contributed by atoms with van der Waals surface area (Å²) in [5, 5.41) is 2.97. The van der Waals surface area contributed by atoms with Gasteiger partial charge in [-0.2, -0.15) is 0 Å². The minimum absolute atomic E-state index is 0.0784. The van der Waals surface area contributed by atoms with Gasteiger partial charge >= 0.3 is 0 Å². The normalized spacial score (nSPS) is 11.9. The highest BCUT2D eigenvalue weighted by atomic mass is 79.9. The summed E-state index contributed by atoms with van der Waals surface area (Å²) >= 11 is 4.98. The van der Waals surface area contributed by atoms with Gasteiger partial charge in [-0.3, -0.25) is 13.9 Å². The van der Waals surface area contributed by atoms with Crippen molar-refractivity contribution in [2.75, 3.05) is 23.7 Å². The van der Waals surface area contributed by atoms with E-state index < -0.39 is 28.5 Å². The van der Waals surface area contributed by atoms with E-state index in [-0.39, 0.29) is 23.8 Å². The van der Waals surface area contributed by atoms with Crippen LogP contribution < -0.4 is 9.62 Å². The fourth-order valence-corrected chi connectivity index (χ4v) is 6.91. The Morgan fingerprint density at radius 1 is 0.867 bits per heavy atom. The van der Waals surface area contributed by atoms with Gasteiger partial charge in [-0.25, -0.2) is 8.42 Å². The summed E-state index contributed by atoms with van der Waals surface area (Å²) in [5.41, 5.74) is 3.02. The van der Waals surface area contributed by atoms with Crippen molar-refractivity contribution in [2.24, 2.45) is 0 Å². The predicted octanol–water partition coefficient (Wildman–Crippen LogP) is 6.84. The molecule has 0 heterocycles. The highest BCUT2D eigenvalue weighted by Crippen LogP contribution is 2.27. The van der Waals surface area contributed by atoms with Crippen molar-refractivity contribution in [3.63, 3.8) is 0 Å². The Labute approximate surface area is 279 Å². The topological polar surface area (TPSA) is 86.8 Å². The molecule has 0 fully saturated rings. The molecule has 2 amide bonds. The summed E-state index contributed by atoms with van der Waals surface area (Å²) in [7, 11) is -4.15. The maximum atomic E-state index is 14.5. The number of amides is 2. The molecule has 0 saturated heterocycles. The second-order valence-corrected chi connectivity index (χ2v) is 14.3. The summed E-state index contributed by atoms with van der Waals surface area (Å²) in [6, 6.07) is 29.8. The molecular weight excluding hydrogens is 670 g/mol. The number of benzene rings is 4. The highest BCUT2D eigenvalue weighted by molar-refractivity contribution is 9.10. The molecule has 0 radical (unpaired) electrons. The predicted molar refractivity (Wildman–Crippen MR) is 186 cm³/mol. The lowest BCUT2D eigenvalue weighted by atomic mass is 10.0. The van der Waals surface area contributed by atoms with Crippen molar-refractivity contribution < 1.29 is 18.0 Å². The van der Waals surface area contributed by atoms with Gasteiger partial charge in [-0.05, 0) is 79.3 Å². The molecule has 4 aromatic rings. The van der Waals surface area contributed by atoms with E-state index in [4.69, 9.17) is 0 Å². The van der Waals surface area contributed by atoms with Crippen LogP contribution >= 0.6 is 27.7 Å². The number of aryl methyl sites for hydroxylation is 1. The summed E-state index contributed by atoms with van der Waals surface area (Å²) in [6.45, 7) is 3.97. The largest absolute Gasteiger partial charge is 0.354 e. The van der Waals surface area contributed by atoms with E-state index in [2.05, 4.69) is 21.2 Å². The molecule has 1 atom stereocenters. The number of sulfonamides is 1. The number of hydrogen-bond donors (Lipinski definition) is 1. The molecule has 0 aliphatic rings. The number of carbonyl (C=O) groups is 2. The first-order valence-corrected chi connectivity index (χ1v) is 18.2. The number of nitrogens with zero attached hydrogens (tertiary/aromatic N) is 2. The SMILES string of the molecule is CCCNC(=O)[C@H](Cc1ccccc1)N(Cc1ccc(Br)cc1)C(=O)CN(c1ccc(C)cc1)S(=O)(=O)c1ccc(SC)cc1. The summed E-state index contributed by atoms with van der Waals surface area (Å²) in [5.74, 6) is -0.779. The van der Waals surface area contributed by atoms with Crippen molar-refractivity contribution in [3.05, 3.63) is 124 Å². The lowest BCUT2D eigenvalue weighted by molar-refractivity contribution is -0.140. The molecule has 7 nitrogen and oxygen atoms in total. The molecule has 0 unspecified atom stereocenters. The van der Waals surface area contributed by atoms with E-state index in [0.717, 1.165) is 36.8 Å². The first-order valence-electron chi connectivity index (χ1n) is 14.7. The summed E-state index contributed by atoms with van der Waals surface area (Å²) < 4.78 is 30.4. The number of hydrogen-bond acceptors (Lipinski definition) is 5. The Morgan fingerprint density at radius 3 is 2.11 bits per heavy atom. The lowest BCUT2D eigenvalue weighted by Crippen LogP contribution is -2.53. The van der Waals surface area contributed by atoms with Crippen LogP contribution in [0.15, 0.2) is 117 Å². The summed E-state index contributed by atoms with van der Waals surface area (Å²) in [6.07, 6.45) is 2.93. The monoisotopic (exact) mass is 707 g/mol. The minimum Gasteiger partial charge on any atom is -0.354 e. The molecule has 236 valence electrons. The van der Waals surface area contributed by atoms with E-state index in [1.165, 1.54) is 16.7 Å². The Hall–Kier alpha value is -3.60. The average Bonchev–Trinajstić information content (AvgIpc) is 3.05. The third-order valence-electron chi connectivity index (χ3n) is 7.33. The Morgan fingerprint density at radius 2 is 1.51 bits per heavy atom. The van der Waals surface area contributed by atoms with Crippen molar-refractivity contribution >= 4 is 55.2 Å². The Balaban J connectivity index is 1.78. The van der Waals surface area contributed by atoms with Crippen LogP contribution in [0.5, 0.6) is 0 Å². The Bertz CT molecular complexity index is 1670. The number of carbonyl (C=O) groups excluding carboxylic acids is 2. The number of anilines is 1. The highest BCUT2D eigenvalue weighted by Gasteiger charge is 2.34. The molecule has 0 aromatic heterocycles. The number of nitrogens with one attached hydrogen (secondary N) is 1. The molecule has 1 N–H and O–H groups in total. The van der Waals surface area contributed by atoms with Crippen LogP contribution in [0.1, 0.15) is 30.0 Å². The zero-order valence-corrected chi connectivity index (χ0v) is 28.9. The van der Waals surface area contributed by atoms with Crippen molar-refractivity contribution in [1.29, 1.82) is 0 Å². The third-order valence-corrected chi connectivity index (χ3v) is 10.4. The zero-order valence-electron chi connectivity index (χ0n) is 25.6. The van der Waals surface area contributed by atoms with Gasteiger partial charge in [0.1, 0.15) is 12.6 Å². The van der Waals surface area contributed by atoms with Crippen molar-refractivity contribution in [3.8, 4) is 0 Å². The average molecular weight is 709 g/mol. The van der Waals surface area contributed by atoms with Crippen LogP contribution in [0.3, 0.4) is 0 Å². The molecule has 0 spiro atoms. The van der Waals surface area contributed by atoms with Crippen LogP contribution in [0.4, 0.5) is 5.69 Å². The Kier molecular flexibility index (Phi) is 12.3. The van der Waals surface area contributed by atoms with Gasteiger partial charge in [-0.1, -0.05) is 83.0 Å². The minimum atomic E-state index is -4.15. The van der Waals surface area contributed by atoms with E-state index in [9.17, 15) is 18.0 Å². The van der Waals surface area contributed by atoms with Gasteiger partial charge in [-0.15, -0.1) is 11.8 Å². The second-order valence-electron chi connectivity index (χ2n) is 10.7. The molecule has 0 aliphatic heterocycles. The molecule has 4 aromatic carbocycles. The standard InChI is InChI=1S/C35H38BrN3O4S2/c1-4-22-37-35(41)33(23-27-8-6-5-7-9-27)38(24-28-12-14-29(36)15-13-28)34(40)25-39(30-16-10-26(2)11-17-30)45(42,43)32-20-18-31(44-3)19-21-32/h5-21,33H,4,22-25H2,1-3H3,(H,37,41)/t33-/m0/s1.